The SMILES string of the molecule is CCSCC(C)NC(=O)N1CCC(CC)(C(=O)O)C1. The Balaban J connectivity index is 2.50. The summed E-state index contributed by atoms with van der Waals surface area (Å²) in [4.78, 5) is 25.0. The van der Waals surface area contributed by atoms with Crippen molar-refractivity contribution in [3.8, 4) is 0 Å². The Hall–Kier alpha value is -0.910. The van der Waals surface area contributed by atoms with E-state index in [0.29, 0.717) is 25.9 Å². The van der Waals surface area contributed by atoms with Gasteiger partial charge in [0.05, 0.1) is 5.41 Å². The van der Waals surface area contributed by atoms with Crippen LogP contribution in [0.15, 0.2) is 0 Å². The van der Waals surface area contributed by atoms with Crippen LogP contribution in [-0.4, -0.2) is 52.6 Å². The lowest BCUT2D eigenvalue weighted by Crippen LogP contribution is -2.45. The first-order valence-corrected chi connectivity index (χ1v) is 7.97. The van der Waals surface area contributed by atoms with E-state index in [4.69, 9.17) is 0 Å². The number of likely N-dealkylation sites (tertiary alicyclic amines) is 1. The number of urea groups is 1. The molecule has 110 valence electrons. The van der Waals surface area contributed by atoms with Gasteiger partial charge in [-0.25, -0.2) is 4.79 Å². The van der Waals surface area contributed by atoms with E-state index in [1.54, 1.807) is 16.7 Å². The van der Waals surface area contributed by atoms with E-state index in [0.717, 1.165) is 11.5 Å². The lowest BCUT2D eigenvalue weighted by molar-refractivity contribution is -0.148. The predicted molar refractivity (Wildman–Crippen MR) is 77.5 cm³/mol. The summed E-state index contributed by atoms with van der Waals surface area (Å²) < 4.78 is 0. The number of carbonyl (C=O) groups is 2. The smallest absolute Gasteiger partial charge is 0.317 e. The van der Waals surface area contributed by atoms with Crippen molar-refractivity contribution < 1.29 is 14.7 Å². The molecule has 1 heterocycles. The van der Waals surface area contributed by atoms with E-state index in [1.165, 1.54) is 0 Å². The number of thioether (sulfide) groups is 1. The minimum absolute atomic E-state index is 0.110. The molecule has 1 saturated heterocycles. The summed E-state index contributed by atoms with van der Waals surface area (Å²) in [7, 11) is 0. The van der Waals surface area contributed by atoms with E-state index in [-0.39, 0.29) is 12.1 Å². The Bertz CT molecular complexity index is 338. The van der Waals surface area contributed by atoms with Crippen molar-refractivity contribution in [1.29, 1.82) is 0 Å². The van der Waals surface area contributed by atoms with E-state index < -0.39 is 11.4 Å². The number of carboxylic acid groups (broad SMARTS) is 1. The summed E-state index contributed by atoms with van der Waals surface area (Å²) >= 11 is 1.78. The number of rotatable bonds is 6. The molecule has 1 aliphatic heterocycles. The van der Waals surface area contributed by atoms with Gasteiger partial charge in [0, 0.05) is 24.9 Å². The maximum Gasteiger partial charge on any atom is 0.317 e. The third-order valence-electron chi connectivity index (χ3n) is 3.71. The molecule has 1 fully saturated rings. The van der Waals surface area contributed by atoms with Gasteiger partial charge in [0.15, 0.2) is 0 Å². The van der Waals surface area contributed by atoms with Crippen molar-refractivity contribution in [2.24, 2.45) is 5.41 Å². The van der Waals surface area contributed by atoms with Gasteiger partial charge < -0.3 is 15.3 Å². The van der Waals surface area contributed by atoms with Gasteiger partial charge in [-0.05, 0) is 25.5 Å². The molecule has 6 heteroatoms. The molecular formula is C13H24N2O3S. The molecule has 19 heavy (non-hydrogen) atoms. The maximum absolute atomic E-state index is 12.1. The third kappa shape index (κ3) is 4.03. The molecule has 0 saturated carbocycles. The second-order valence-corrected chi connectivity index (χ2v) is 6.44. The zero-order chi connectivity index (χ0) is 14.5. The normalized spacial score (nSPS) is 24.3. The van der Waals surface area contributed by atoms with Gasteiger partial charge in [-0.3, -0.25) is 4.79 Å². The molecule has 0 aromatic carbocycles. The number of nitrogens with zero attached hydrogens (tertiary/aromatic N) is 1. The van der Waals surface area contributed by atoms with Crippen LogP contribution >= 0.6 is 11.8 Å². The van der Waals surface area contributed by atoms with E-state index in [1.807, 2.05) is 13.8 Å². The molecule has 1 aliphatic rings. The fraction of sp³-hybridized carbons (Fsp3) is 0.846. The van der Waals surface area contributed by atoms with Crippen LogP contribution in [-0.2, 0) is 4.79 Å². The molecule has 0 radical (unpaired) electrons. The molecule has 1 rings (SSSR count). The summed E-state index contributed by atoms with van der Waals surface area (Å²) in [6.07, 6.45) is 1.11. The quantitative estimate of drug-likeness (QED) is 0.784. The van der Waals surface area contributed by atoms with Crippen LogP contribution in [0.4, 0.5) is 4.79 Å². The molecule has 2 amide bonds. The summed E-state index contributed by atoms with van der Waals surface area (Å²) in [5, 5.41) is 12.2. The topological polar surface area (TPSA) is 69.6 Å². The van der Waals surface area contributed by atoms with Crippen molar-refractivity contribution in [2.45, 2.75) is 39.7 Å². The number of hydrogen-bond donors (Lipinski definition) is 2. The first kappa shape index (κ1) is 16.1. The second kappa shape index (κ2) is 7.03. The summed E-state index contributed by atoms with van der Waals surface area (Å²) in [5.74, 6) is 1.12. The lowest BCUT2D eigenvalue weighted by atomic mass is 9.84. The van der Waals surface area contributed by atoms with Gasteiger partial charge in [-0.15, -0.1) is 0 Å². The van der Waals surface area contributed by atoms with Crippen LogP contribution in [0.5, 0.6) is 0 Å². The van der Waals surface area contributed by atoms with Gasteiger partial charge in [-0.2, -0.15) is 11.8 Å². The van der Waals surface area contributed by atoms with Gasteiger partial charge >= 0.3 is 12.0 Å². The Kier molecular flexibility index (Phi) is 5.97. The van der Waals surface area contributed by atoms with Gasteiger partial charge in [0.2, 0.25) is 0 Å². The number of amides is 2. The number of aliphatic carboxylic acids is 1. The monoisotopic (exact) mass is 288 g/mol. The molecular weight excluding hydrogens is 264 g/mol. The highest BCUT2D eigenvalue weighted by atomic mass is 32.2. The molecule has 0 aliphatic carbocycles. The Labute approximate surface area is 119 Å². The minimum Gasteiger partial charge on any atom is -0.481 e. The largest absolute Gasteiger partial charge is 0.481 e. The zero-order valence-corrected chi connectivity index (χ0v) is 12.8. The van der Waals surface area contributed by atoms with Crippen LogP contribution in [0.25, 0.3) is 0 Å². The number of hydrogen-bond acceptors (Lipinski definition) is 3. The Morgan fingerprint density at radius 3 is 2.63 bits per heavy atom. The van der Waals surface area contributed by atoms with Gasteiger partial charge in [-0.1, -0.05) is 13.8 Å². The second-order valence-electron chi connectivity index (χ2n) is 5.12. The van der Waals surface area contributed by atoms with Crippen molar-refractivity contribution in [3.05, 3.63) is 0 Å². The van der Waals surface area contributed by atoms with Crippen molar-refractivity contribution in [1.82, 2.24) is 10.2 Å². The minimum atomic E-state index is -0.792. The Morgan fingerprint density at radius 1 is 1.47 bits per heavy atom. The van der Waals surface area contributed by atoms with E-state index in [9.17, 15) is 14.7 Å². The molecule has 2 N–H and O–H groups in total. The predicted octanol–water partition coefficient (Wildman–Crippen LogP) is 2.02. The van der Waals surface area contributed by atoms with Crippen molar-refractivity contribution in [3.63, 3.8) is 0 Å². The molecule has 0 aromatic rings. The first-order valence-electron chi connectivity index (χ1n) is 6.81. The highest BCUT2D eigenvalue weighted by Gasteiger charge is 2.44. The van der Waals surface area contributed by atoms with E-state index in [2.05, 4.69) is 12.2 Å². The third-order valence-corrected chi connectivity index (χ3v) is 4.86. The van der Waals surface area contributed by atoms with Crippen LogP contribution in [0.3, 0.4) is 0 Å². The zero-order valence-electron chi connectivity index (χ0n) is 11.9. The fourth-order valence-corrected chi connectivity index (χ4v) is 2.97. The first-order chi connectivity index (χ1) is 8.95. The molecule has 0 bridgehead atoms. The average Bonchev–Trinajstić information content (AvgIpc) is 2.82. The Morgan fingerprint density at radius 2 is 2.16 bits per heavy atom. The van der Waals surface area contributed by atoms with Crippen LogP contribution in [0, 0.1) is 5.41 Å². The molecule has 5 nitrogen and oxygen atoms in total. The summed E-state index contributed by atoms with van der Waals surface area (Å²) in [6, 6.07) is -0.0281. The molecule has 2 atom stereocenters. The van der Waals surface area contributed by atoms with Crippen LogP contribution < -0.4 is 5.32 Å². The van der Waals surface area contributed by atoms with Gasteiger partial charge in [0.1, 0.15) is 0 Å². The van der Waals surface area contributed by atoms with E-state index >= 15 is 0 Å². The molecule has 2 unspecified atom stereocenters. The summed E-state index contributed by atoms with van der Waals surface area (Å²) in [5.41, 5.74) is -0.751. The number of nitrogens with one attached hydrogen (secondary N) is 1. The fourth-order valence-electron chi connectivity index (χ4n) is 2.30. The standard InChI is InChI=1S/C13H24N2O3S/c1-4-13(11(16)17)6-7-15(9-13)12(18)14-10(3)8-19-5-2/h10H,4-9H2,1-3H3,(H,14,18)(H,16,17). The average molecular weight is 288 g/mol. The number of carboxylic acids is 1. The molecule has 0 spiro atoms. The maximum atomic E-state index is 12.1. The lowest BCUT2D eigenvalue weighted by Gasteiger charge is -2.24. The van der Waals surface area contributed by atoms with Crippen molar-refractivity contribution in [2.75, 3.05) is 24.6 Å². The molecule has 0 aromatic heterocycles. The van der Waals surface area contributed by atoms with Crippen LogP contribution in [0.1, 0.15) is 33.6 Å². The van der Waals surface area contributed by atoms with Crippen LogP contribution in [0.2, 0.25) is 0 Å². The highest BCUT2D eigenvalue weighted by Crippen LogP contribution is 2.34. The van der Waals surface area contributed by atoms with Gasteiger partial charge in [0.25, 0.3) is 0 Å². The summed E-state index contributed by atoms with van der Waals surface area (Å²) in [6.45, 7) is 6.77. The van der Waals surface area contributed by atoms with Crippen molar-refractivity contribution >= 4 is 23.8 Å². The number of carbonyl (C=O) groups excluding carboxylic acids is 1. The highest BCUT2D eigenvalue weighted by molar-refractivity contribution is 7.99.